The Bertz CT molecular complexity index is 1060. The largest absolute Gasteiger partial charge is 0.487 e. The van der Waals surface area contributed by atoms with Crippen LogP contribution in [0.25, 0.3) is 0 Å². The van der Waals surface area contributed by atoms with Gasteiger partial charge in [0.15, 0.2) is 0 Å². The molecule has 0 saturated carbocycles. The lowest BCUT2D eigenvalue weighted by Gasteiger charge is -2.38. The van der Waals surface area contributed by atoms with Crippen molar-refractivity contribution in [3.05, 3.63) is 59.2 Å². The van der Waals surface area contributed by atoms with E-state index in [2.05, 4.69) is 5.32 Å². The van der Waals surface area contributed by atoms with Crippen LogP contribution in [-0.4, -0.2) is 32.2 Å². The van der Waals surface area contributed by atoms with Gasteiger partial charge in [-0.1, -0.05) is 24.3 Å². The molecule has 2 aromatic rings. The fourth-order valence-electron chi connectivity index (χ4n) is 3.89. The number of carbonyl (C=O) groups excluding carboxylic acids is 1. The zero-order chi connectivity index (χ0) is 22.3. The first-order valence-electron chi connectivity index (χ1n) is 10.0. The Balaban J connectivity index is 1.90. The molecule has 0 fully saturated rings. The van der Waals surface area contributed by atoms with Crippen LogP contribution in [0.4, 0.5) is 5.69 Å². The average molecular weight is 431 g/mol. The lowest BCUT2D eigenvalue weighted by atomic mass is 9.89. The Morgan fingerprint density at radius 2 is 1.83 bits per heavy atom. The third kappa shape index (κ3) is 4.61. The van der Waals surface area contributed by atoms with Crippen LogP contribution in [0.3, 0.4) is 0 Å². The number of aryl methyl sites for hydroxylation is 2. The van der Waals surface area contributed by atoms with Gasteiger partial charge >= 0.3 is 0 Å². The first kappa shape index (κ1) is 22.2. The molecule has 7 heteroatoms. The maximum Gasteiger partial charge on any atom is 0.244 e. The minimum Gasteiger partial charge on any atom is -0.487 e. The van der Waals surface area contributed by atoms with E-state index in [1.54, 1.807) is 19.1 Å². The summed E-state index contributed by atoms with van der Waals surface area (Å²) in [6.45, 7) is 9.45. The number of ether oxygens (including phenoxy) is 1. The van der Waals surface area contributed by atoms with Gasteiger partial charge in [-0.3, -0.25) is 9.10 Å². The van der Waals surface area contributed by atoms with Gasteiger partial charge in [0.25, 0.3) is 0 Å². The van der Waals surface area contributed by atoms with Crippen molar-refractivity contribution in [3.63, 3.8) is 0 Å². The van der Waals surface area contributed by atoms with Crippen molar-refractivity contribution >= 4 is 21.6 Å². The molecule has 0 bridgehead atoms. The molecule has 6 nitrogen and oxygen atoms in total. The topological polar surface area (TPSA) is 75.7 Å². The third-order valence-corrected chi connectivity index (χ3v) is 6.77. The summed E-state index contributed by atoms with van der Waals surface area (Å²) in [4.78, 5) is 13.2. The minimum absolute atomic E-state index is 0.263. The molecule has 1 N–H and O–H groups in total. The van der Waals surface area contributed by atoms with Crippen LogP contribution in [0.1, 0.15) is 49.9 Å². The van der Waals surface area contributed by atoms with E-state index in [1.165, 1.54) is 4.31 Å². The van der Waals surface area contributed by atoms with Crippen molar-refractivity contribution in [3.8, 4) is 5.75 Å². The van der Waals surface area contributed by atoms with E-state index in [-0.39, 0.29) is 11.9 Å². The fraction of sp³-hybridized carbons (Fsp3) is 0.435. The average Bonchev–Trinajstić information content (AvgIpc) is 2.62. The highest BCUT2D eigenvalue weighted by molar-refractivity contribution is 7.92. The highest BCUT2D eigenvalue weighted by Crippen LogP contribution is 2.39. The lowest BCUT2D eigenvalue weighted by Crippen LogP contribution is -2.50. The number of sulfonamides is 1. The van der Waals surface area contributed by atoms with E-state index < -0.39 is 21.7 Å². The molecule has 30 heavy (non-hydrogen) atoms. The predicted molar refractivity (Wildman–Crippen MR) is 119 cm³/mol. The van der Waals surface area contributed by atoms with Gasteiger partial charge in [0, 0.05) is 12.0 Å². The van der Waals surface area contributed by atoms with Gasteiger partial charge in [-0.05, 0) is 63.9 Å². The maximum atomic E-state index is 13.2. The maximum absolute atomic E-state index is 13.2. The van der Waals surface area contributed by atoms with E-state index in [0.29, 0.717) is 12.1 Å². The summed E-state index contributed by atoms with van der Waals surface area (Å²) in [5.41, 5.74) is 2.96. The summed E-state index contributed by atoms with van der Waals surface area (Å²) in [6, 6.07) is 11.8. The van der Waals surface area contributed by atoms with E-state index in [9.17, 15) is 13.2 Å². The first-order valence-corrected chi connectivity index (χ1v) is 11.9. The molecule has 0 saturated heterocycles. The van der Waals surface area contributed by atoms with Crippen molar-refractivity contribution in [2.45, 2.75) is 58.7 Å². The van der Waals surface area contributed by atoms with Crippen molar-refractivity contribution in [1.82, 2.24) is 5.32 Å². The second-order valence-electron chi connectivity index (χ2n) is 8.67. The third-order valence-electron chi connectivity index (χ3n) is 5.53. The number of nitrogens with one attached hydrogen (secondary N) is 1. The molecule has 1 heterocycles. The molecule has 2 aromatic carbocycles. The van der Waals surface area contributed by atoms with Crippen molar-refractivity contribution < 1.29 is 17.9 Å². The molecule has 0 aromatic heterocycles. The number of hydrogen-bond donors (Lipinski definition) is 1. The van der Waals surface area contributed by atoms with Crippen molar-refractivity contribution in [1.29, 1.82) is 0 Å². The lowest BCUT2D eigenvalue weighted by molar-refractivity contribution is -0.123. The Morgan fingerprint density at radius 1 is 1.17 bits per heavy atom. The SMILES string of the molecule is Cc1ccc(N(C(C)C(=O)NC2CC(C)(C)Oc3ccccc32)S(C)(=O)=O)cc1C. The van der Waals surface area contributed by atoms with E-state index >= 15 is 0 Å². The van der Waals surface area contributed by atoms with Crippen LogP contribution in [0.5, 0.6) is 5.75 Å². The van der Waals surface area contributed by atoms with E-state index in [1.807, 2.05) is 58.0 Å². The van der Waals surface area contributed by atoms with Gasteiger partial charge in [-0.15, -0.1) is 0 Å². The van der Waals surface area contributed by atoms with Gasteiger partial charge in [0.1, 0.15) is 17.4 Å². The number of hydrogen-bond acceptors (Lipinski definition) is 4. The van der Waals surface area contributed by atoms with Crippen LogP contribution in [0, 0.1) is 13.8 Å². The molecule has 0 aliphatic carbocycles. The summed E-state index contributed by atoms with van der Waals surface area (Å²) >= 11 is 0. The molecule has 2 unspecified atom stereocenters. The van der Waals surface area contributed by atoms with Gasteiger partial charge < -0.3 is 10.1 Å². The number of anilines is 1. The van der Waals surface area contributed by atoms with Crippen LogP contribution < -0.4 is 14.4 Å². The first-order chi connectivity index (χ1) is 13.9. The minimum atomic E-state index is -3.67. The molecule has 1 amide bonds. The highest BCUT2D eigenvalue weighted by Gasteiger charge is 2.36. The van der Waals surface area contributed by atoms with Crippen molar-refractivity contribution in [2.75, 3.05) is 10.6 Å². The van der Waals surface area contributed by atoms with Crippen LogP contribution >= 0.6 is 0 Å². The summed E-state index contributed by atoms with van der Waals surface area (Å²) < 4.78 is 32.4. The zero-order valence-electron chi connectivity index (χ0n) is 18.4. The smallest absolute Gasteiger partial charge is 0.244 e. The Labute approximate surface area is 179 Å². The fourth-order valence-corrected chi connectivity index (χ4v) is 5.06. The molecule has 0 spiro atoms. The highest BCUT2D eigenvalue weighted by atomic mass is 32.2. The van der Waals surface area contributed by atoms with Crippen LogP contribution in [-0.2, 0) is 14.8 Å². The molecule has 3 rings (SSSR count). The molecular formula is C23H30N2O4S. The summed E-state index contributed by atoms with van der Waals surface area (Å²) in [6.07, 6.45) is 1.71. The quantitative estimate of drug-likeness (QED) is 0.781. The molecule has 2 atom stereocenters. The number of fused-ring (bicyclic) bond motifs is 1. The van der Waals surface area contributed by atoms with Gasteiger partial charge in [-0.2, -0.15) is 0 Å². The second kappa shape index (κ2) is 7.95. The van der Waals surface area contributed by atoms with Gasteiger partial charge in [0.05, 0.1) is 18.0 Å². The van der Waals surface area contributed by atoms with Crippen molar-refractivity contribution in [2.24, 2.45) is 0 Å². The second-order valence-corrected chi connectivity index (χ2v) is 10.5. The van der Waals surface area contributed by atoms with Crippen LogP contribution in [0.2, 0.25) is 0 Å². The number of amides is 1. The van der Waals surface area contributed by atoms with Gasteiger partial charge in [-0.25, -0.2) is 8.42 Å². The van der Waals surface area contributed by atoms with E-state index in [4.69, 9.17) is 4.74 Å². The number of nitrogens with zero attached hydrogens (tertiary/aromatic N) is 1. The number of para-hydroxylation sites is 1. The number of carbonyl (C=O) groups is 1. The number of rotatable bonds is 5. The molecule has 1 aliphatic heterocycles. The molecule has 0 radical (unpaired) electrons. The normalized spacial score (nSPS) is 18.7. The Kier molecular flexibility index (Phi) is 5.87. The predicted octanol–water partition coefficient (Wildman–Crippen LogP) is 3.88. The molecule has 1 aliphatic rings. The zero-order valence-corrected chi connectivity index (χ0v) is 19.2. The molecular weight excluding hydrogens is 400 g/mol. The Hall–Kier alpha value is -2.54. The molecule has 162 valence electrons. The number of benzene rings is 2. The van der Waals surface area contributed by atoms with Gasteiger partial charge in [0.2, 0.25) is 15.9 Å². The standard InChI is InChI=1S/C23H30N2O4S/c1-15-11-12-18(13-16(15)2)25(30(6,27)28)17(3)22(26)24-20-14-23(4,5)29-21-10-8-7-9-19(20)21/h7-13,17,20H,14H2,1-6H3,(H,24,26). The monoisotopic (exact) mass is 430 g/mol. The summed E-state index contributed by atoms with van der Waals surface area (Å²) in [5.74, 6) is 0.386. The summed E-state index contributed by atoms with van der Waals surface area (Å²) in [5, 5.41) is 3.05. The Morgan fingerprint density at radius 3 is 2.47 bits per heavy atom. The van der Waals surface area contributed by atoms with E-state index in [0.717, 1.165) is 28.7 Å². The van der Waals surface area contributed by atoms with Crippen LogP contribution in [0.15, 0.2) is 42.5 Å². The summed E-state index contributed by atoms with van der Waals surface area (Å²) in [7, 11) is -3.67.